The molecule has 0 spiro atoms. The molecule has 4 heteroatoms. The van der Waals surface area contributed by atoms with Gasteiger partial charge in [0.2, 0.25) is 0 Å². The molecule has 2 aromatic rings. The van der Waals surface area contributed by atoms with Crippen LogP contribution in [0.25, 0.3) is 11.1 Å². The monoisotopic (exact) mass is 359 g/mol. The van der Waals surface area contributed by atoms with Gasteiger partial charge in [0.05, 0.1) is 12.2 Å². The molecule has 3 rings (SSSR count). The van der Waals surface area contributed by atoms with Crippen molar-refractivity contribution in [3.63, 3.8) is 0 Å². The fraction of sp³-hybridized carbons (Fsp3) is 0.381. The van der Waals surface area contributed by atoms with Gasteiger partial charge in [-0.05, 0) is 25.0 Å². The molecule has 0 amide bonds. The molecule has 0 radical (unpaired) electrons. The maximum atomic E-state index is 12.4. The number of rotatable bonds is 5. The van der Waals surface area contributed by atoms with Crippen LogP contribution in [0.4, 0.5) is 0 Å². The van der Waals surface area contributed by atoms with Crippen molar-refractivity contribution in [2.24, 2.45) is 0 Å². The van der Waals surface area contributed by atoms with Crippen LogP contribution in [0.2, 0.25) is 0 Å². The van der Waals surface area contributed by atoms with Crippen molar-refractivity contribution < 1.29 is 9.53 Å². The highest BCUT2D eigenvalue weighted by molar-refractivity contribution is 5.96. The lowest BCUT2D eigenvalue weighted by Crippen LogP contribution is -2.46. The van der Waals surface area contributed by atoms with Crippen molar-refractivity contribution in [2.75, 3.05) is 19.6 Å². The van der Waals surface area contributed by atoms with Crippen LogP contribution in [0.1, 0.15) is 30.6 Å². The minimum Gasteiger partial charge on any atom is -0.373 e. The molecular weight excluding hydrogens is 334 g/mol. The number of hydrogen-bond acceptors (Lipinski definition) is 3. The van der Waals surface area contributed by atoms with Crippen LogP contribution in [0.15, 0.2) is 54.6 Å². The first kappa shape index (κ1) is 19.6. The van der Waals surface area contributed by atoms with Crippen LogP contribution in [0, 0.1) is 0 Å². The van der Waals surface area contributed by atoms with Gasteiger partial charge in [0.1, 0.15) is 0 Å². The number of Topliss-reactive ketones (excluding diaryl/α,β-unsaturated/α-hetero) is 1. The highest BCUT2D eigenvalue weighted by Crippen LogP contribution is 2.20. The number of hydrogen-bond donors (Lipinski definition) is 0. The highest BCUT2D eigenvalue weighted by Gasteiger charge is 2.22. The van der Waals surface area contributed by atoms with Crippen molar-refractivity contribution >= 4 is 18.2 Å². The van der Waals surface area contributed by atoms with E-state index in [0.717, 1.165) is 30.8 Å². The number of morpholine rings is 1. The van der Waals surface area contributed by atoms with Crippen molar-refractivity contribution in [3.8, 4) is 11.1 Å². The third-order valence-corrected chi connectivity index (χ3v) is 4.46. The number of ketones is 1. The third kappa shape index (κ3) is 5.40. The van der Waals surface area contributed by atoms with E-state index >= 15 is 0 Å². The second-order valence-corrected chi connectivity index (χ2v) is 6.63. The predicted molar refractivity (Wildman–Crippen MR) is 105 cm³/mol. The molecule has 0 saturated carbocycles. The van der Waals surface area contributed by atoms with E-state index in [9.17, 15) is 4.79 Å². The molecule has 2 aromatic carbocycles. The summed E-state index contributed by atoms with van der Waals surface area (Å²) >= 11 is 0. The largest absolute Gasteiger partial charge is 0.373 e. The van der Waals surface area contributed by atoms with Crippen LogP contribution >= 0.6 is 12.4 Å². The fourth-order valence-corrected chi connectivity index (χ4v) is 3.35. The normalized spacial score (nSPS) is 20.7. The standard InChI is InChI=1S/C21H25NO2.ClH/c1-16-14-22(15-17(2)24-16)13-12-21(23)20-10-8-19(9-11-20)18-6-4-3-5-7-18;/h3-11,16-17H,12-15H2,1-2H3;1H. The summed E-state index contributed by atoms with van der Waals surface area (Å²) in [6.45, 7) is 6.80. The van der Waals surface area contributed by atoms with Gasteiger partial charge in [-0.25, -0.2) is 0 Å². The van der Waals surface area contributed by atoms with E-state index in [-0.39, 0.29) is 30.4 Å². The minimum atomic E-state index is 0. The molecule has 2 unspecified atom stereocenters. The number of carbonyl (C=O) groups is 1. The lowest BCUT2D eigenvalue weighted by atomic mass is 10.0. The Morgan fingerprint density at radius 2 is 1.52 bits per heavy atom. The summed E-state index contributed by atoms with van der Waals surface area (Å²) in [6.07, 6.45) is 1.05. The zero-order valence-electron chi connectivity index (χ0n) is 14.9. The lowest BCUT2D eigenvalue weighted by molar-refractivity contribution is -0.0675. The fourth-order valence-electron chi connectivity index (χ4n) is 3.35. The molecule has 0 aromatic heterocycles. The summed E-state index contributed by atoms with van der Waals surface area (Å²) in [5.74, 6) is 0.210. The van der Waals surface area contributed by atoms with Gasteiger partial charge in [-0.3, -0.25) is 9.69 Å². The first-order chi connectivity index (χ1) is 11.6. The van der Waals surface area contributed by atoms with Crippen molar-refractivity contribution in [3.05, 3.63) is 60.2 Å². The molecular formula is C21H26ClNO2. The van der Waals surface area contributed by atoms with Gasteiger partial charge < -0.3 is 4.74 Å². The van der Waals surface area contributed by atoms with Gasteiger partial charge in [-0.1, -0.05) is 54.6 Å². The molecule has 134 valence electrons. The average molecular weight is 360 g/mol. The third-order valence-electron chi connectivity index (χ3n) is 4.46. The summed E-state index contributed by atoms with van der Waals surface area (Å²) in [6, 6.07) is 18.2. The van der Waals surface area contributed by atoms with Crippen LogP contribution in [-0.4, -0.2) is 42.5 Å². The predicted octanol–water partition coefficient (Wildman–Crippen LogP) is 4.46. The summed E-state index contributed by atoms with van der Waals surface area (Å²) in [5.41, 5.74) is 3.11. The van der Waals surface area contributed by atoms with Gasteiger partial charge in [0, 0.05) is 31.6 Å². The number of ether oxygens (including phenoxy) is 1. The van der Waals surface area contributed by atoms with Gasteiger partial charge >= 0.3 is 0 Å². The smallest absolute Gasteiger partial charge is 0.164 e. The van der Waals surface area contributed by atoms with E-state index in [4.69, 9.17) is 4.74 Å². The number of carbonyl (C=O) groups excluding carboxylic acids is 1. The van der Waals surface area contributed by atoms with Gasteiger partial charge in [0.25, 0.3) is 0 Å². The second kappa shape index (κ2) is 9.14. The molecule has 2 atom stereocenters. The van der Waals surface area contributed by atoms with Crippen molar-refractivity contribution in [1.29, 1.82) is 0 Å². The van der Waals surface area contributed by atoms with E-state index in [1.54, 1.807) is 0 Å². The average Bonchev–Trinajstić information content (AvgIpc) is 2.60. The molecule has 0 aliphatic carbocycles. The molecule has 0 N–H and O–H groups in total. The lowest BCUT2D eigenvalue weighted by Gasteiger charge is -2.35. The molecule has 3 nitrogen and oxygen atoms in total. The van der Waals surface area contributed by atoms with Crippen LogP contribution in [0.3, 0.4) is 0 Å². The van der Waals surface area contributed by atoms with E-state index in [0.29, 0.717) is 6.42 Å². The van der Waals surface area contributed by atoms with Crippen molar-refractivity contribution in [2.45, 2.75) is 32.5 Å². The Balaban J connectivity index is 0.00000225. The van der Waals surface area contributed by atoms with Gasteiger partial charge in [-0.2, -0.15) is 0 Å². The molecule has 1 fully saturated rings. The topological polar surface area (TPSA) is 29.5 Å². The molecule has 25 heavy (non-hydrogen) atoms. The number of halogens is 1. The van der Waals surface area contributed by atoms with Crippen LogP contribution in [-0.2, 0) is 4.74 Å². The Hall–Kier alpha value is -1.68. The SMILES string of the molecule is CC1CN(CCC(=O)c2ccc(-c3ccccc3)cc2)CC(C)O1.Cl. The first-order valence-corrected chi connectivity index (χ1v) is 8.68. The Morgan fingerprint density at radius 3 is 2.12 bits per heavy atom. The number of benzene rings is 2. The number of nitrogens with zero attached hydrogens (tertiary/aromatic N) is 1. The maximum absolute atomic E-state index is 12.4. The Kier molecular flexibility index (Phi) is 7.18. The summed E-state index contributed by atoms with van der Waals surface area (Å²) in [7, 11) is 0. The summed E-state index contributed by atoms with van der Waals surface area (Å²) < 4.78 is 5.74. The highest BCUT2D eigenvalue weighted by atomic mass is 35.5. The van der Waals surface area contributed by atoms with Crippen LogP contribution in [0.5, 0.6) is 0 Å². The summed E-state index contributed by atoms with van der Waals surface area (Å²) in [4.78, 5) is 14.8. The second-order valence-electron chi connectivity index (χ2n) is 6.63. The molecule has 1 aliphatic heterocycles. The Morgan fingerprint density at radius 1 is 0.960 bits per heavy atom. The van der Waals surface area contributed by atoms with E-state index in [1.165, 1.54) is 5.56 Å². The quantitative estimate of drug-likeness (QED) is 0.738. The first-order valence-electron chi connectivity index (χ1n) is 8.68. The van der Waals surface area contributed by atoms with Crippen LogP contribution < -0.4 is 0 Å². The van der Waals surface area contributed by atoms with E-state index in [2.05, 4.69) is 30.9 Å². The van der Waals surface area contributed by atoms with E-state index < -0.39 is 0 Å². The molecule has 1 heterocycles. The Labute approximate surface area is 156 Å². The minimum absolute atomic E-state index is 0. The summed E-state index contributed by atoms with van der Waals surface area (Å²) in [5, 5.41) is 0. The Bertz CT molecular complexity index is 662. The zero-order chi connectivity index (χ0) is 16.9. The van der Waals surface area contributed by atoms with Gasteiger partial charge in [0.15, 0.2) is 5.78 Å². The molecule has 1 aliphatic rings. The maximum Gasteiger partial charge on any atom is 0.164 e. The van der Waals surface area contributed by atoms with Crippen molar-refractivity contribution in [1.82, 2.24) is 4.90 Å². The zero-order valence-corrected chi connectivity index (χ0v) is 15.7. The molecule has 1 saturated heterocycles. The van der Waals surface area contributed by atoms with Gasteiger partial charge in [-0.15, -0.1) is 12.4 Å². The molecule has 0 bridgehead atoms. The van der Waals surface area contributed by atoms with E-state index in [1.807, 2.05) is 42.5 Å².